The van der Waals surface area contributed by atoms with E-state index in [-0.39, 0.29) is 0 Å². The first-order valence-corrected chi connectivity index (χ1v) is 5.38. The molecule has 1 aliphatic heterocycles. The smallest absolute Gasteiger partial charge is 0.0457 e. The molecule has 1 aromatic carbocycles. The van der Waals surface area contributed by atoms with E-state index in [2.05, 4.69) is 42.3 Å². The normalized spacial score (nSPS) is 14.6. The number of nitrogens with one attached hydrogen (secondary N) is 1. The number of hydrogen-bond acceptors (Lipinski definition) is 1. The van der Waals surface area contributed by atoms with Gasteiger partial charge >= 0.3 is 0 Å². The Morgan fingerprint density at radius 1 is 1.19 bits per heavy atom. The molecule has 80 valence electrons. The van der Waals surface area contributed by atoms with Crippen molar-refractivity contribution in [1.82, 2.24) is 0 Å². The summed E-state index contributed by atoms with van der Waals surface area (Å²) >= 11 is 0. The van der Waals surface area contributed by atoms with Gasteiger partial charge in [-0.25, -0.2) is 0 Å². The number of para-hydroxylation sites is 1. The minimum absolute atomic E-state index is 1.08. The van der Waals surface area contributed by atoms with Crippen LogP contribution < -0.4 is 5.32 Å². The molecule has 0 fully saturated rings. The maximum atomic E-state index is 3.84. The molecule has 0 saturated carbocycles. The maximum absolute atomic E-state index is 3.84. The number of rotatable bonds is 2. The van der Waals surface area contributed by atoms with Gasteiger partial charge in [0.2, 0.25) is 0 Å². The van der Waals surface area contributed by atoms with Gasteiger partial charge in [0.15, 0.2) is 0 Å². The van der Waals surface area contributed by atoms with Crippen LogP contribution in [0.2, 0.25) is 0 Å². The Labute approximate surface area is 96.5 Å². The minimum Gasteiger partial charge on any atom is -0.355 e. The van der Waals surface area contributed by atoms with Crippen LogP contribution in [0.5, 0.6) is 0 Å². The summed E-state index contributed by atoms with van der Waals surface area (Å²) in [4.78, 5) is 0. The predicted octanol–water partition coefficient (Wildman–Crippen LogP) is 4.14. The Kier molecular flexibility index (Phi) is 3.06. The molecule has 0 radical (unpaired) electrons. The molecule has 1 heteroatoms. The Morgan fingerprint density at radius 2 is 2.00 bits per heavy atom. The average Bonchev–Trinajstić information content (AvgIpc) is 2.48. The van der Waals surface area contributed by atoms with Crippen LogP contribution in [0.1, 0.15) is 12.5 Å². The van der Waals surface area contributed by atoms with Crippen LogP contribution in [0.4, 0.5) is 5.69 Å². The van der Waals surface area contributed by atoms with Crippen molar-refractivity contribution < 1.29 is 0 Å². The second-order valence-corrected chi connectivity index (χ2v) is 3.62. The van der Waals surface area contributed by atoms with Crippen LogP contribution in [0.25, 0.3) is 6.08 Å². The maximum Gasteiger partial charge on any atom is 0.0457 e. The summed E-state index contributed by atoms with van der Waals surface area (Å²) < 4.78 is 0. The highest BCUT2D eigenvalue weighted by Crippen LogP contribution is 2.25. The lowest BCUT2D eigenvalue weighted by molar-refractivity contribution is 1.43. The monoisotopic (exact) mass is 209 g/mol. The number of fused-ring (bicyclic) bond motifs is 1. The summed E-state index contributed by atoms with van der Waals surface area (Å²) in [5, 5.41) is 3.42. The Morgan fingerprint density at radius 3 is 2.75 bits per heavy atom. The lowest BCUT2D eigenvalue weighted by Crippen LogP contribution is -1.99. The van der Waals surface area contributed by atoms with Gasteiger partial charge in [-0.15, -0.1) is 0 Å². The van der Waals surface area contributed by atoms with Gasteiger partial charge in [0.25, 0.3) is 0 Å². The van der Waals surface area contributed by atoms with Crippen molar-refractivity contribution in [2.75, 3.05) is 5.32 Å². The van der Waals surface area contributed by atoms with Crippen LogP contribution in [-0.4, -0.2) is 0 Å². The predicted molar refractivity (Wildman–Crippen MR) is 71.1 cm³/mol. The zero-order valence-electron chi connectivity index (χ0n) is 9.40. The summed E-state index contributed by atoms with van der Waals surface area (Å²) in [7, 11) is 0. The van der Waals surface area contributed by atoms with Crippen LogP contribution in [0.3, 0.4) is 0 Å². The highest BCUT2D eigenvalue weighted by atomic mass is 14.9. The summed E-state index contributed by atoms with van der Waals surface area (Å²) in [6.45, 7) is 5.85. The molecule has 16 heavy (non-hydrogen) atoms. The van der Waals surface area contributed by atoms with E-state index in [1.165, 1.54) is 5.56 Å². The van der Waals surface area contributed by atoms with Gasteiger partial charge in [-0.3, -0.25) is 0 Å². The zero-order chi connectivity index (χ0) is 11.4. The van der Waals surface area contributed by atoms with Crippen molar-refractivity contribution in [3.05, 3.63) is 72.0 Å². The molecular formula is C15H15N. The van der Waals surface area contributed by atoms with Gasteiger partial charge in [0.05, 0.1) is 0 Å². The summed E-state index contributed by atoms with van der Waals surface area (Å²) in [5.74, 6) is 0. The van der Waals surface area contributed by atoms with E-state index < -0.39 is 0 Å². The molecule has 1 heterocycles. The topological polar surface area (TPSA) is 12.0 Å². The number of hydrogen-bond donors (Lipinski definition) is 1. The molecule has 0 bridgehead atoms. The van der Waals surface area contributed by atoms with Crippen molar-refractivity contribution in [3.8, 4) is 0 Å². The number of benzene rings is 1. The highest BCUT2D eigenvalue weighted by Gasteiger charge is 2.06. The van der Waals surface area contributed by atoms with Gasteiger partial charge in [-0.1, -0.05) is 49.1 Å². The average molecular weight is 209 g/mol. The Hall–Kier alpha value is -2.02. The first-order valence-electron chi connectivity index (χ1n) is 5.38. The van der Waals surface area contributed by atoms with Crippen LogP contribution in [0, 0.1) is 0 Å². The van der Waals surface area contributed by atoms with Crippen molar-refractivity contribution in [3.63, 3.8) is 0 Å². The largest absolute Gasteiger partial charge is 0.355 e. The second kappa shape index (κ2) is 4.67. The third-order valence-corrected chi connectivity index (χ3v) is 2.54. The molecule has 0 amide bonds. The third-order valence-electron chi connectivity index (χ3n) is 2.54. The fourth-order valence-electron chi connectivity index (χ4n) is 1.73. The summed E-state index contributed by atoms with van der Waals surface area (Å²) in [5.41, 5.74) is 4.51. The van der Waals surface area contributed by atoms with Crippen LogP contribution >= 0.6 is 0 Å². The van der Waals surface area contributed by atoms with E-state index in [0.717, 1.165) is 17.0 Å². The van der Waals surface area contributed by atoms with Crippen molar-refractivity contribution in [2.24, 2.45) is 0 Å². The quantitative estimate of drug-likeness (QED) is 0.771. The van der Waals surface area contributed by atoms with Crippen molar-refractivity contribution in [2.45, 2.75) is 6.92 Å². The minimum atomic E-state index is 1.08. The van der Waals surface area contributed by atoms with E-state index in [0.29, 0.717) is 0 Å². The molecule has 0 spiro atoms. The first-order chi connectivity index (χ1) is 7.85. The SMILES string of the molecule is C=CC1=C(/C=C\C)Nc2ccccc2C=C1. The Bertz CT molecular complexity index is 490. The molecular weight excluding hydrogens is 194 g/mol. The lowest BCUT2D eigenvalue weighted by Gasteiger charge is -2.09. The molecule has 1 N–H and O–H groups in total. The van der Waals surface area contributed by atoms with Gasteiger partial charge in [0, 0.05) is 11.4 Å². The van der Waals surface area contributed by atoms with Gasteiger partial charge < -0.3 is 5.32 Å². The lowest BCUT2D eigenvalue weighted by atomic mass is 10.1. The number of allylic oxidation sites excluding steroid dienone is 5. The molecule has 1 aromatic rings. The zero-order valence-corrected chi connectivity index (χ0v) is 9.40. The molecule has 0 aliphatic carbocycles. The fourth-order valence-corrected chi connectivity index (χ4v) is 1.73. The third kappa shape index (κ3) is 1.98. The van der Waals surface area contributed by atoms with Crippen molar-refractivity contribution >= 4 is 11.8 Å². The summed E-state index contributed by atoms with van der Waals surface area (Å²) in [6, 6.07) is 8.25. The highest BCUT2D eigenvalue weighted by molar-refractivity contribution is 5.74. The van der Waals surface area contributed by atoms with Crippen molar-refractivity contribution in [1.29, 1.82) is 0 Å². The van der Waals surface area contributed by atoms with E-state index in [1.807, 2.05) is 31.2 Å². The van der Waals surface area contributed by atoms with E-state index >= 15 is 0 Å². The molecule has 0 saturated heterocycles. The van der Waals surface area contributed by atoms with E-state index in [1.54, 1.807) is 0 Å². The molecule has 2 rings (SSSR count). The summed E-state index contributed by atoms with van der Waals surface area (Å²) in [6.07, 6.45) is 10.1. The molecule has 1 aliphatic rings. The fraction of sp³-hybridized carbons (Fsp3) is 0.0667. The van der Waals surface area contributed by atoms with E-state index in [9.17, 15) is 0 Å². The Balaban J connectivity index is 2.50. The van der Waals surface area contributed by atoms with E-state index in [4.69, 9.17) is 0 Å². The van der Waals surface area contributed by atoms with Gasteiger partial charge in [0.1, 0.15) is 0 Å². The molecule has 0 unspecified atom stereocenters. The molecule has 1 nitrogen and oxygen atoms in total. The molecule has 0 aromatic heterocycles. The number of anilines is 1. The van der Waals surface area contributed by atoms with Crippen LogP contribution in [-0.2, 0) is 0 Å². The van der Waals surface area contributed by atoms with Crippen LogP contribution in [0.15, 0.2) is 66.4 Å². The second-order valence-electron chi connectivity index (χ2n) is 3.62. The standard InChI is InChI=1S/C15H15N/c1-3-7-14-12(4-2)10-11-13-8-5-6-9-15(13)16-14/h3-11,16H,2H2,1H3/b7-3-. The van der Waals surface area contributed by atoms with Gasteiger partial charge in [-0.2, -0.15) is 0 Å². The van der Waals surface area contributed by atoms with Gasteiger partial charge in [-0.05, 0) is 30.2 Å². The first kappa shape index (κ1) is 10.5. The molecule has 0 atom stereocenters.